The van der Waals surface area contributed by atoms with Gasteiger partial charge in [0.05, 0.1) is 4.88 Å². The van der Waals surface area contributed by atoms with Crippen LogP contribution in [0.4, 0.5) is 5.69 Å². The van der Waals surface area contributed by atoms with Crippen molar-refractivity contribution < 1.29 is 4.79 Å². The zero-order chi connectivity index (χ0) is 15.7. The molecule has 3 aromatic rings. The number of amides is 1. The number of hydrogen-bond donors (Lipinski definition) is 1. The maximum Gasteiger partial charge on any atom is 0.265 e. The van der Waals surface area contributed by atoms with Gasteiger partial charge in [0, 0.05) is 11.1 Å². The first kappa shape index (κ1) is 14.5. The van der Waals surface area contributed by atoms with E-state index in [4.69, 9.17) is 0 Å². The monoisotopic (exact) mass is 309 g/mol. The Morgan fingerprint density at radius 1 is 1.00 bits per heavy atom. The van der Waals surface area contributed by atoms with Crippen LogP contribution in [0.1, 0.15) is 20.8 Å². The topological polar surface area (TPSA) is 46.2 Å². The first-order chi connectivity index (χ1) is 10.5. The van der Waals surface area contributed by atoms with Gasteiger partial charge in [-0.3, -0.25) is 9.59 Å². The van der Waals surface area contributed by atoms with Crippen LogP contribution in [0.15, 0.2) is 53.3 Å². The lowest BCUT2D eigenvalue weighted by Crippen LogP contribution is -2.13. The third kappa shape index (κ3) is 2.78. The Kier molecular flexibility index (Phi) is 3.77. The SMILES string of the molecule is Cc1ccc(NC(=O)c2cc3ccccc3c(=O)s2)cc1C. The molecule has 3 nitrogen and oxygen atoms in total. The predicted octanol–water partition coefficient (Wildman–Crippen LogP) is 4.13. The molecule has 2 aromatic carbocycles. The van der Waals surface area contributed by atoms with Gasteiger partial charge in [0.2, 0.25) is 4.74 Å². The smallest absolute Gasteiger partial charge is 0.265 e. The van der Waals surface area contributed by atoms with Crippen molar-refractivity contribution in [3.63, 3.8) is 0 Å². The number of fused-ring (bicyclic) bond motifs is 1. The number of carbonyl (C=O) groups excluding carboxylic acids is 1. The van der Waals surface area contributed by atoms with Crippen LogP contribution in [-0.4, -0.2) is 5.91 Å². The standard InChI is InChI=1S/C18H15NO2S/c1-11-7-8-14(9-12(11)2)19-17(20)16-10-13-5-3-4-6-15(13)18(21)22-16/h3-10H,1-2H3,(H,19,20). The quantitative estimate of drug-likeness (QED) is 0.773. The van der Waals surface area contributed by atoms with Gasteiger partial charge < -0.3 is 5.32 Å². The Morgan fingerprint density at radius 2 is 1.77 bits per heavy atom. The fourth-order valence-electron chi connectivity index (χ4n) is 2.26. The van der Waals surface area contributed by atoms with E-state index in [2.05, 4.69) is 5.32 Å². The summed E-state index contributed by atoms with van der Waals surface area (Å²) in [5, 5.41) is 4.29. The lowest BCUT2D eigenvalue weighted by Gasteiger charge is -2.07. The second-order valence-electron chi connectivity index (χ2n) is 5.24. The van der Waals surface area contributed by atoms with E-state index in [0.29, 0.717) is 10.3 Å². The summed E-state index contributed by atoms with van der Waals surface area (Å²) < 4.78 is -0.0941. The molecule has 0 fully saturated rings. The molecule has 0 bridgehead atoms. The molecule has 0 saturated heterocycles. The number of benzene rings is 2. The fraction of sp³-hybridized carbons (Fsp3) is 0.111. The minimum absolute atomic E-state index is 0.0941. The van der Waals surface area contributed by atoms with Crippen LogP contribution in [0.2, 0.25) is 0 Å². The number of anilines is 1. The molecule has 0 radical (unpaired) electrons. The molecule has 1 amide bonds. The predicted molar refractivity (Wildman–Crippen MR) is 92.0 cm³/mol. The first-order valence-corrected chi connectivity index (χ1v) is 7.78. The Balaban J connectivity index is 1.95. The van der Waals surface area contributed by atoms with Crippen LogP contribution in [-0.2, 0) is 0 Å². The molecule has 110 valence electrons. The first-order valence-electron chi connectivity index (χ1n) is 6.96. The van der Waals surface area contributed by atoms with Gasteiger partial charge in [0.15, 0.2) is 0 Å². The van der Waals surface area contributed by atoms with Gasteiger partial charge in [-0.2, -0.15) is 0 Å². The summed E-state index contributed by atoms with van der Waals surface area (Å²) in [6.07, 6.45) is 0. The van der Waals surface area contributed by atoms with Crippen LogP contribution in [0.3, 0.4) is 0 Å². The Bertz CT molecular complexity index is 928. The normalized spacial score (nSPS) is 10.6. The molecule has 0 atom stereocenters. The van der Waals surface area contributed by atoms with Gasteiger partial charge in [-0.1, -0.05) is 35.6 Å². The summed E-state index contributed by atoms with van der Waals surface area (Å²) in [5.74, 6) is -0.254. The molecule has 0 aliphatic rings. The molecule has 3 rings (SSSR count). The molecule has 22 heavy (non-hydrogen) atoms. The minimum Gasteiger partial charge on any atom is -0.321 e. The molecule has 0 aliphatic heterocycles. The highest BCUT2D eigenvalue weighted by Crippen LogP contribution is 2.18. The van der Waals surface area contributed by atoms with Crippen molar-refractivity contribution in [2.75, 3.05) is 5.32 Å². The van der Waals surface area contributed by atoms with E-state index in [-0.39, 0.29) is 10.6 Å². The van der Waals surface area contributed by atoms with E-state index in [1.165, 1.54) is 5.56 Å². The minimum atomic E-state index is -0.254. The molecule has 4 heteroatoms. The molecule has 0 aliphatic carbocycles. The van der Waals surface area contributed by atoms with Crippen LogP contribution < -0.4 is 10.1 Å². The van der Waals surface area contributed by atoms with Crippen LogP contribution >= 0.6 is 11.3 Å². The van der Waals surface area contributed by atoms with Crippen molar-refractivity contribution in [3.8, 4) is 0 Å². The zero-order valence-electron chi connectivity index (χ0n) is 12.3. The Labute approximate surface area is 132 Å². The second-order valence-corrected chi connectivity index (χ2v) is 6.25. The van der Waals surface area contributed by atoms with Gasteiger partial charge in [0.1, 0.15) is 0 Å². The molecule has 0 saturated carbocycles. The number of aryl methyl sites for hydroxylation is 2. The summed E-state index contributed by atoms with van der Waals surface area (Å²) in [7, 11) is 0. The summed E-state index contributed by atoms with van der Waals surface area (Å²) in [6, 6.07) is 14.8. The highest BCUT2D eigenvalue weighted by molar-refractivity contribution is 7.12. The zero-order valence-corrected chi connectivity index (χ0v) is 13.2. The summed E-state index contributed by atoms with van der Waals surface area (Å²) >= 11 is 0.974. The largest absolute Gasteiger partial charge is 0.321 e. The van der Waals surface area contributed by atoms with Crippen molar-refractivity contribution in [2.45, 2.75) is 13.8 Å². The highest BCUT2D eigenvalue weighted by Gasteiger charge is 2.11. The third-order valence-electron chi connectivity index (χ3n) is 3.66. The van der Waals surface area contributed by atoms with Gasteiger partial charge in [-0.15, -0.1) is 0 Å². The van der Waals surface area contributed by atoms with E-state index in [9.17, 15) is 9.59 Å². The van der Waals surface area contributed by atoms with E-state index in [1.54, 1.807) is 12.1 Å². The van der Waals surface area contributed by atoms with Crippen molar-refractivity contribution in [1.82, 2.24) is 0 Å². The van der Waals surface area contributed by atoms with Gasteiger partial charge in [-0.05, 0) is 54.6 Å². The fourth-order valence-corrected chi connectivity index (χ4v) is 3.08. The van der Waals surface area contributed by atoms with E-state index in [0.717, 1.165) is 28.0 Å². The summed E-state index contributed by atoms with van der Waals surface area (Å²) in [4.78, 5) is 24.9. The van der Waals surface area contributed by atoms with Crippen molar-refractivity contribution >= 4 is 33.7 Å². The maximum atomic E-state index is 12.4. The number of rotatable bonds is 2. The van der Waals surface area contributed by atoms with Gasteiger partial charge >= 0.3 is 0 Å². The molecule has 1 aromatic heterocycles. The van der Waals surface area contributed by atoms with E-state index < -0.39 is 0 Å². The number of carbonyl (C=O) groups is 1. The molecule has 0 unspecified atom stereocenters. The van der Waals surface area contributed by atoms with Gasteiger partial charge in [-0.25, -0.2) is 0 Å². The van der Waals surface area contributed by atoms with Crippen LogP contribution in [0.25, 0.3) is 10.8 Å². The molecular weight excluding hydrogens is 294 g/mol. The molecule has 1 N–H and O–H groups in total. The van der Waals surface area contributed by atoms with Gasteiger partial charge in [0.25, 0.3) is 5.91 Å². The Morgan fingerprint density at radius 3 is 2.55 bits per heavy atom. The summed E-state index contributed by atoms with van der Waals surface area (Å²) in [5.41, 5.74) is 3.03. The maximum absolute atomic E-state index is 12.4. The van der Waals surface area contributed by atoms with Crippen molar-refractivity contribution in [1.29, 1.82) is 0 Å². The van der Waals surface area contributed by atoms with Crippen LogP contribution in [0, 0.1) is 13.8 Å². The summed E-state index contributed by atoms with van der Waals surface area (Å²) in [6.45, 7) is 4.02. The van der Waals surface area contributed by atoms with E-state index in [1.807, 2.05) is 50.2 Å². The lowest BCUT2D eigenvalue weighted by molar-refractivity contribution is 0.103. The number of nitrogens with one attached hydrogen (secondary N) is 1. The highest BCUT2D eigenvalue weighted by atomic mass is 32.1. The third-order valence-corrected chi connectivity index (χ3v) is 4.59. The van der Waals surface area contributed by atoms with Crippen LogP contribution in [0.5, 0.6) is 0 Å². The average Bonchev–Trinajstić information content (AvgIpc) is 2.51. The molecular formula is C18H15NO2S. The van der Waals surface area contributed by atoms with E-state index >= 15 is 0 Å². The molecule has 0 spiro atoms. The molecule has 1 heterocycles. The number of hydrogen-bond acceptors (Lipinski definition) is 3. The second kappa shape index (κ2) is 5.73. The van der Waals surface area contributed by atoms with Crippen molar-refractivity contribution in [2.24, 2.45) is 0 Å². The Hall–Kier alpha value is -2.46. The van der Waals surface area contributed by atoms with Crippen molar-refractivity contribution in [3.05, 3.63) is 74.1 Å². The lowest BCUT2D eigenvalue weighted by atomic mass is 10.1. The average molecular weight is 309 g/mol.